The van der Waals surface area contributed by atoms with Crippen LogP contribution in [0.15, 0.2) is 24.4 Å². The van der Waals surface area contributed by atoms with Gasteiger partial charge in [-0.3, -0.25) is 4.79 Å². The quantitative estimate of drug-likeness (QED) is 0.863. The second kappa shape index (κ2) is 6.50. The highest BCUT2D eigenvalue weighted by Crippen LogP contribution is 2.36. The maximum Gasteiger partial charge on any atom is 0.308 e. The zero-order valence-corrected chi connectivity index (χ0v) is 14.3. The molecule has 0 amide bonds. The highest BCUT2D eigenvalue weighted by molar-refractivity contribution is 6.00. The largest absolute Gasteiger partial charge is 0.469 e. The summed E-state index contributed by atoms with van der Waals surface area (Å²) >= 11 is 0. The summed E-state index contributed by atoms with van der Waals surface area (Å²) in [6.07, 6.45) is 5.45. The van der Waals surface area contributed by atoms with Crippen LogP contribution in [0.4, 0.5) is 15.9 Å². The predicted octanol–water partition coefficient (Wildman–Crippen LogP) is 3.34. The Kier molecular flexibility index (Phi) is 4.19. The number of methoxy groups -OCH3 is 1. The van der Waals surface area contributed by atoms with E-state index in [1.807, 2.05) is 6.07 Å². The van der Waals surface area contributed by atoms with Crippen LogP contribution in [0.3, 0.4) is 0 Å². The van der Waals surface area contributed by atoms with Gasteiger partial charge < -0.3 is 15.0 Å². The van der Waals surface area contributed by atoms with Gasteiger partial charge in [-0.05, 0) is 31.7 Å². The van der Waals surface area contributed by atoms with E-state index in [9.17, 15) is 9.18 Å². The van der Waals surface area contributed by atoms with Crippen LogP contribution in [0.1, 0.15) is 25.7 Å². The first-order valence-electron chi connectivity index (χ1n) is 8.84. The molecule has 0 spiro atoms. The number of rotatable bonds is 4. The van der Waals surface area contributed by atoms with E-state index in [0.29, 0.717) is 24.5 Å². The number of carbonyl (C=O) groups excluding carboxylic acids is 1. The number of piperidine rings is 1. The number of aromatic nitrogens is 1. The Bertz CT molecular complexity index is 799. The van der Waals surface area contributed by atoms with E-state index in [1.54, 1.807) is 12.3 Å². The summed E-state index contributed by atoms with van der Waals surface area (Å²) in [6, 6.07) is 5.58. The van der Waals surface area contributed by atoms with E-state index in [4.69, 9.17) is 4.74 Å². The molecule has 5 nitrogen and oxygen atoms in total. The Labute approximate surface area is 146 Å². The van der Waals surface area contributed by atoms with E-state index < -0.39 is 0 Å². The second-order valence-corrected chi connectivity index (χ2v) is 6.86. The smallest absolute Gasteiger partial charge is 0.308 e. The van der Waals surface area contributed by atoms with Gasteiger partial charge in [-0.15, -0.1) is 0 Å². The Morgan fingerprint density at radius 2 is 2.04 bits per heavy atom. The Morgan fingerprint density at radius 1 is 1.28 bits per heavy atom. The molecule has 0 bridgehead atoms. The molecule has 1 aliphatic heterocycles. The number of hydrogen-bond donors (Lipinski definition) is 1. The van der Waals surface area contributed by atoms with Crippen molar-refractivity contribution in [2.45, 2.75) is 31.7 Å². The minimum absolute atomic E-state index is 0.0555. The Balaban J connectivity index is 1.64. The molecule has 1 saturated carbocycles. The molecule has 0 atom stereocenters. The maximum absolute atomic E-state index is 14.5. The number of nitrogens with zero attached hydrogens (tertiary/aromatic N) is 2. The number of benzene rings is 1. The lowest BCUT2D eigenvalue weighted by atomic mass is 9.96. The third-order valence-corrected chi connectivity index (χ3v) is 5.11. The van der Waals surface area contributed by atoms with E-state index in [2.05, 4.69) is 15.2 Å². The van der Waals surface area contributed by atoms with Crippen LogP contribution >= 0.6 is 0 Å². The molecular weight excluding hydrogens is 321 g/mol. The van der Waals surface area contributed by atoms with Gasteiger partial charge in [0.1, 0.15) is 11.6 Å². The van der Waals surface area contributed by atoms with Gasteiger partial charge in [-0.2, -0.15) is 0 Å². The Morgan fingerprint density at radius 3 is 2.72 bits per heavy atom. The minimum atomic E-state index is -0.228. The molecule has 1 N–H and O–H groups in total. The summed E-state index contributed by atoms with van der Waals surface area (Å²) in [7, 11) is 1.43. The molecule has 1 saturated heterocycles. The number of hydrogen-bond acceptors (Lipinski definition) is 5. The normalized spacial score (nSPS) is 18.4. The van der Waals surface area contributed by atoms with Crippen molar-refractivity contribution in [2.75, 3.05) is 30.4 Å². The van der Waals surface area contributed by atoms with Crippen LogP contribution in [0, 0.1) is 11.7 Å². The van der Waals surface area contributed by atoms with Gasteiger partial charge in [-0.1, -0.05) is 12.1 Å². The lowest BCUT2D eigenvalue weighted by Gasteiger charge is -2.32. The van der Waals surface area contributed by atoms with Gasteiger partial charge in [-0.25, -0.2) is 9.37 Å². The lowest BCUT2D eigenvalue weighted by molar-refractivity contribution is -0.146. The number of pyridine rings is 1. The van der Waals surface area contributed by atoms with Gasteiger partial charge in [0.2, 0.25) is 0 Å². The topological polar surface area (TPSA) is 54.5 Å². The van der Waals surface area contributed by atoms with Crippen LogP contribution in [-0.2, 0) is 9.53 Å². The monoisotopic (exact) mass is 343 g/mol. The van der Waals surface area contributed by atoms with Gasteiger partial charge in [0.15, 0.2) is 0 Å². The van der Waals surface area contributed by atoms with E-state index >= 15 is 0 Å². The molecule has 1 aromatic heterocycles. The number of anilines is 2. The van der Waals surface area contributed by atoms with E-state index in [-0.39, 0.29) is 17.7 Å². The van der Waals surface area contributed by atoms with Crippen LogP contribution in [-0.4, -0.2) is 37.2 Å². The summed E-state index contributed by atoms with van der Waals surface area (Å²) in [5.74, 6) is 0.362. The molecule has 132 valence electrons. The summed E-state index contributed by atoms with van der Waals surface area (Å²) < 4.78 is 19.4. The number of nitrogens with one attached hydrogen (secondary N) is 1. The third kappa shape index (κ3) is 3.13. The van der Waals surface area contributed by atoms with E-state index in [0.717, 1.165) is 42.6 Å². The third-order valence-electron chi connectivity index (χ3n) is 5.11. The second-order valence-electron chi connectivity index (χ2n) is 6.86. The molecule has 1 aromatic carbocycles. The Hall–Kier alpha value is -2.37. The minimum Gasteiger partial charge on any atom is -0.469 e. The van der Waals surface area contributed by atoms with Crippen LogP contribution in [0.5, 0.6) is 0 Å². The number of halogens is 1. The maximum atomic E-state index is 14.5. The molecule has 0 radical (unpaired) electrons. The first-order valence-corrected chi connectivity index (χ1v) is 8.84. The van der Waals surface area contributed by atoms with Crippen molar-refractivity contribution in [1.82, 2.24) is 4.98 Å². The highest BCUT2D eigenvalue weighted by atomic mass is 19.1. The molecule has 2 aromatic rings. The predicted molar refractivity (Wildman–Crippen MR) is 95.3 cm³/mol. The molecule has 2 heterocycles. The summed E-state index contributed by atoms with van der Waals surface area (Å²) in [6.45, 7) is 1.43. The van der Waals surface area contributed by atoms with Gasteiger partial charge in [0.25, 0.3) is 0 Å². The van der Waals surface area contributed by atoms with Crippen molar-refractivity contribution < 1.29 is 13.9 Å². The molecular formula is C19H22FN3O2. The number of esters is 1. The zero-order chi connectivity index (χ0) is 17.4. The SMILES string of the molecule is COC(=O)C1CCN(c2ncc(NC3CC3)c3c(F)cccc23)CC1. The van der Waals surface area contributed by atoms with Crippen molar-refractivity contribution >= 4 is 28.2 Å². The molecule has 1 aliphatic carbocycles. The standard InChI is InChI=1S/C19H22FN3O2/c1-25-19(24)12-7-9-23(10-8-12)18-14-3-2-4-15(20)17(14)16(11-21-18)22-13-5-6-13/h2-4,11-13,22H,5-10H2,1H3. The first kappa shape index (κ1) is 16.1. The molecule has 2 fully saturated rings. The van der Waals surface area contributed by atoms with Gasteiger partial charge >= 0.3 is 5.97 Å². The van der Waals surface area contributed by atoms with Gasteiger partial charge in [0.05, 0.1) is 24.9 Å². The zero-order valence-electron chi connectivity index (χ0n) is 14.3. The molecule has 0 unspecified atom stereocenters. The van der Waals surface area contributed by atoms with Gasteiger partial charge in [0, 0.05) is 29.9 Å². The number of ether oxygens (including phenoxy) is 1. The molecule has 25 heavy (non-hydrogen) atoms. The van der Waals surface area contributed by atoms with Crippen molar-refractivity contribution in [1.29, 1.82) is 0 Å². The van der Waals surface area contributed by atoms with Crippen molar-refractivity contribution in [3.05, 3.63) is 30.2 Å². The summed E-state index contributed by atoms with van der Waals surface area (Å²) in [5, 5.41) is 4.80. The molecule has 2 aliphatic rings. The average Bonchev–Trinajstić information content (AvgIpc) is 3.45. The molecule has 4 rings (SSSR count). The van der Waals surface area contributed by atoms with Crippen LogP contribution < -0.4 is 10.2 Å². The number of fused-ring (bicyclic) bond motifs is 1. The highest BCUT2D eigenvalue weighted by Gasteiger charge is 2.28. The lowest BCUT2D eigenvalue weighted by Crippen LogP contribution is -2.37. The van der Waals surface area contributed by atoms with Crippen molar-refractivity contribution in [3.8, 4) is 0 Å². The first-order chi connectivity index (χ1) is 12.2. The summed E-state index contributed by atoms with van der Waals surface area (Å²) in [4.78, 5) is 18.5. The summed E-state index contributed by atoms with van der Waals surface area (Å²) in [5.41, 5.74) is 0.767. The van der Waals surface area contributed by atoms with Crippen molar-refractivity contribution in [3.63, 3.8) is 0 Å². The van der Waals surface area contributed by atoms with Crippen molar-refractivity contribution in [2.24, 2.45) is 5.92 Å². The average molecular weight is 343 g/mol. The fourth-order valence-electron chi connectivity index (χ4n) is 3.55. The number of carbonyl (C=O) groups is 1. The fraction of sp³-hybridized carbons (Fsp3) is 0.474. The van der Waals surface area contributed by atoms with Crippen LogP contribution in [0.2, 0.25) is 0 Å². The molecule has 6 heteroatoms. The fourth-order valence-corrected chi connectivity index (χ4v) is 3.55. The van der Waals surface area contributed by atoms with Crippen LogP contribution in [0.25, 0.3) is 10.8 Å². The van der Waals surface area contributed by atoms with E-state index in [1.165, 1.54) is 13.2 Å².